The summed E-state index contributed by atoms with van der Waals surface area (Å²) in [5.74, 6) is 2.19. The molecule has 2 aromatic heterocycles. The van der Waals surface area contributed by atoms with Crippen molar-refractivity contribution in [2.75, 3.05) is 32.1 Å². The van der Waals surface area contributed by atoms with Crippen molar-refractivity contribution in [1.82, 2.24) is 29.5 Å². The summed E-state index contributed by atoms with van der Waals surface area (Å²) >= 11 is 0. The molecular weight excluding hydrogens is 474 g/mol. The number of carbonyl (C=O) groups is 2. The van der Waals surface area contributed by atoms with Gasteiger partial charge < -0.3 is 29.5 Å². The van der Waals surface area contributed by atoms with E-state index in [9.17, 15) is 14.7 Å². The number of carbonyl (C=O) groups excluding carboxylic acids is 2. The first-order valence-electron chi connectivity index (χ1n) is 12.6. The van der Waals surface area contributed by atoms with Crippen molar-refractivity contribution >= 4 is 17.8 Å². The number of nitrogens with zero attached hydrogens (tertiary/aromatic N) is 6. The number of aromatic nitrogens is 4. The number of aryl methyl sites for hydroxylation is 1. The van der Waals surface area contributed by atoms with Gasteiger partial charge in [-0.3, -0.25) is 4.79 Å². The first-order chi connectivity index (χ1) is 18.0. The Balaban J connectivity index is 1.22. The van der Waals surface area contributed by atoms with Gasteiger partial charge in [0, 0.05) is 39.1 Å². The number of amides is 3. The Bertz CT molecular complexity index is 1370. The maximum Gasteiger partial charge on any atom is 0.320 e. The highest BCUT2D eigenvalue weighted by molar-refractivity contribution is 6.06. The lowest BCUT2D eigenvalue weighted by Crippen LogP contribution is -2.44. The molecule has 3 amide bonds. The molecule has 1 unspecified atom stereocenters. The Kier molecular flexibility index (Phi) is 5.99. The molecule has 2 N–H and O–H groups in total. The Morgan fingerprint density at radius 3 is 2.78 bits per heavy atom. The van der Waals surface area contributed by atoms with Crippen LogP contribution in [0.4, 0.5) is 10.6 Å². The van der Waals surface area contributed by atoms with Crippen LogP contribution in [-0.4, -0.2) is 79.4 Å². The minimum Gasteiger partial charge on any atom is -0.496 e. The molecule has 3 aliphatic heterocycles. The molecule has 6 rings (SSSR count). The summed E-state index contributed by atoms with van der Waals surface area (Å²) in [7, 11) is 1.54. The first-order valence-corrected chi connectivity index (χ1v) is 12.6. The molecule has 11 heteroatoms. The van der Waals surface area contributed by atoms with E-state index < -0.39 is 6.10 Å². The zero-order valence-corrected chi connectivity index (χ0v) is 20.7. The average Bonchev–Trinajstić information content (AvgIpc) is 3.65. The van der Waals surface area contributed by atoms with Gasteiger partial charge in [0.15, 0.2) is 5.82 Å². The van der Waals surface area contributed by atoms with Crippen LogP contribution in [-0.2, 0) is 25.9 Å². The summed E-state index contributed by atoms with van der Waals surface area (Å²) in [6.07, 6.45) is 2.76. The fourth-order valence-corrected chi connectivity index (χ4v) is 5.36. The third-order valence-corrected chi connectivity index (χ3v) is 7.31. The Morgan fingerprint density at radius 1 is 1.08 bits per heavy atom. The van der Waals surface area contributed by atoms with Crippen LogP contribution in [0.3, 0.4) is 0 Å². The minimum atomic E-state index is -0.460. The van der Waals surface area contributed by atoms with E-state index in [-0.39, 0.29) is 11.9 Å². The van der Waals surface area contributed by atoms with Crippen LogP contribution in [0.1, 0.15) is 40.2 Å². The lowest BCUT2D eigenvalue weighted by molar-refractivity contribution is 0.102. The van der Waals surface area contributed by atoms with E-state index in [1.165, 1.54) is 0 Å². The van der Waals surface area contributed by atoms with Crippen molar-refractivity contribution in [3.63, 3.8) is 0 Å². The highest BCUT2D eigenvalue weighted by atomic mass is 16.5. The van der Waals surface area contributed by atoms with E-state index in [2.05, 4.69) is 25.1 Å². The quantitative estimate of drug-likeness (QED) is 0.558. The number of pyridine rings is 1. The number of hydrogen-bond donors (Lipinski definition) is 2. The second kappa shape index (κ2) is 9.47. The predicted molar refractivity (Wildman–Crippen MR) is 134 cm³/mol. The number of methoxy groups -OCH3 is 1. The van der Waals surface area contributed by atoms with E-state index >= 15 is 0 Å². The Hall–Kier alpha value is -3.99. The van der Waals surface area contributed by atoms with Gasteiger partial charge in [0.05, 0.1) is 18.8 Å². The summed E-state index contributed by atoms with van der Waals surface area (Å²) in [5.41, 5.74) is 2.99. The second-order valence-corrected chi connectivity index (χ2v) is 9.72. The molecule has 1 saturated heterocycles. The van der Waals surface area contributed by atoms with E-state index in [1.807, 2.05) is 18.2 Å². The van der Waals surface area contributed by atoms with E-state index in [0.717, 1.165) is 36.3 Å². The van der Waals surface area contributed by atoms with Crippen LogP contribution in [0.2, 0.25) is 0 Å². The van der Waals surface area contributed by atoms with Crippen molar-refractivity contribution in [2.45, 2.75) is 44.9 Å². The molecule has 3 aromatic rings. The van der Waals surface area contributed by atoms with Crippen LogP contribution in [0.5, 0.6) is 5.75 Å². The number of β-amino-alcohol motifs (C(OH)–C–C–N with tert-alkyl or cyclic N) is 1. The van der Waals surface area contributed by atoms with Crippen molar-refractivity contribution in [3.8, 4) is 17.3 Å². The van der Waals surface area contributed by atoms with Crippen molar-refractivity contribution in [2.24, 2.45) is 0 Å². The van der Waals surface area contributed by atoms with Gasteiger partial charge in [-0.05, 0) is 54.7 Å². The van der Waals surface area contributed by atoms with Gasteiger partial charge in [0.2, 0.25) is 0 Å². The predicted octanol–water partition coefficient (Wildman–Crippen LogP) is 2.09. The van der Waals surface area contributed by atoms with E-state index in [4.69, 9.17) is 4.74 Å². The van der Waals surface area contributed by atoms with Crippen LogP contribution < -0.4 is 10.1 Å². The molecule has 11 nitrogen and oxygen atoms in total. The third-order valence-electron chi connectivity index (χ3n) is 7.31. The fraction of sp³-hybridized carbons (Fsp3) is 0.423. The van der Waals surface area contributed by atoms with Gasteiger partial charge in [-0.25, -0.2) is 9.78 Å². The molecule has 3 aliphatic rings. The number of urea groups is 1. The SMILES string of the molecule is COc1cc2c(cc1C(=O)Nc1cccc(-c3nnc4n3CCC4)n1)CN(C(=O)N1CCC(O)C1)CC2. The first kappa shape index (κ1) is 23.4. The van der Waals surface area contributed by atoms with Crippen molar-refractivity contribution in [1.29, 1.82) is 0 Å². The van der Waals surface area contributed by atoms with Crippen LogP contribution in [0.15, 0.2) is 30.3 Å². The van der Waals surface area contributed by atoms with Crippen molar-refractivity contribution < 1.29 is 19.4 Å². The summed E-state index contributed by atoms with van der Waals surface area (Å²) in [5, 5.41) is 21.2. The molecule has 1 atom stereocenters. The summed E-state index contributed by atoms with van der Waals surface area (Å²) in [4.78, 5) is 34.4. The van der Waals surface area contributed by atoms with Gasteiger partial charge in [0.25, 0.3) is 5.91 Å². The number of rotatable bonds is 4. The molecule has 0 bridgehead atoms. The number of hydrogen-bond acceptors (Lipinski definition) is 7. The van der Waals surface area contributed by atoms with E-state index in [0.29, 0.717) is 67.7 Å². The number of nitrogens with one attached hydrogen (secondary N) is 1. The van der Waals surface area contributed by atoms with E-state index in [1.54, 1.807) is 29.0 Å². The zero-order chi connectivity index (χ0) is 25.5. The number of ether oxygens (including phenoxy) is 1. The number of fused-ring (bicyclic) bond motifs is 2. The van der Waals surface area contributed by atoms with Crippen LogP contribution in [0.25, 0.3) is 11.5 Å². The number of benzene rings is 1. The maximum atomic E-state index is 13.3. The normalized spacial score (nSPS) is 18.5. The summed E-state index contributed by atoms with van der Waals surface area (Å²) in [6, 6.07) is 9.03. The average molecular weight is 504 g/mol. The fourth-order valence-electron chi connectivity index (χ4n) is 5.36. The largest absolute Gasteiger partial charge is 0.496 e. The monoisotopic (exact) mass is 503 g/mol. The smallest absolute Gasteiger partial charge is 0.320 e. The standard InChI is InChI=1S/C26H29N7O4/c1-37-21-13-16-7-10-31(26(36)32-11-8-18(34)15-32)14-17(16)12-19(21)25(35)28-22-5-2-4-20(27-22)24-30-29-23-6-3-9-33(23)24/h2,4-5,12-13,18,34H,3,6-11,14-15H2,1H3,(H,27,28,35). The zero-order valence-electron chi connectivity index (χ0n) is 20.7. The van der Waals surface area contributed by atoms with Gasteiger partial charge >= 0.3 is 6.03 Å². The highest BCUT2D eigenvalue weighted by Crippen LogP contribution is 2.30. The van der Waals surface area contributed by atoms with Gasteiger partial charge in [-0.2, -0.15) is 0 Å². The molecular formula is C26H29N7O4. The topological polar surface area (TPSA) is 126 Å². The minimum absolute atomic E-state index is 0.0787. The van der Waals surface area contributed by atoms with Gasteiger partial charge in [-0.15, -0.1) is 10.2 Å². The lowest BCUT2D eigenvalue weighted by Gasteiger charge is -2.32. The number of anilines is 1. The molecule has 0 radical (unpaired) electrons. The number of likely N-dealkylation sites (tertiary alicyclic amines) is 1. The molecule has 0 spiro atoms. The number of aliphatic hydroxyl groups is 1. The summed E-state index contributed by atoms with van der Waals surface area (Å²) in [6.45, 7) is 2.76. The van der Waals surface area contributed by atoms with Crippen molar-refractivity contribution in [3.05, 3.63) is 52.8 Å². The second-order valence-electron chi connectivity index (χ2n) is 9.72. The molecule has 37 heavy (non-hydrogen) atoms. The number of aliphatic hydroxyl groups excluding tert-OH is 1. The molecule has 0 saturated carbocycles. The highest BCUT2D eigenvalue weighted by Gasteiger charge is 2.31. The Labute approximate surface area is 214 Å². The molecule has 0 aliphatic carbocycles. The van der Waals surface area contributed by atoms with Crippen LogP contribution >= 0.6 is 0 Å². The molecule has 1 fully saturated rings. The van der Waals surface area contributed by atoms with Crippen LogP contribution in [0, 0.1) is 0 Å². The lowest BCUT2D eigenvalue weighted by atomic mass is 9.96. The third kappa shape index (κ3) is 4.39. The maximum absolute atomic E-state index is 13.3. The van der Waals surface area contributed by atoms with Gasteiger partial charge in [0.1, 0.15) is 23.1 Å². The Morgan fingerprint density at radius 2 is 1.97 bits per heavy atom. The summed E-state index contributed by atoms with van der Waals surface area (Å²) < 4.78 is 7.62. The molecule has 1 aromatic carbocycles. The van der Waals surface area contributed by atoms with Gasteiger partial charge in [-0.1, -0.05) is 6.07 Å². The molecule has 192 valence electrons. The molecule has 5 heterocycles.